The summed E-state index contributed by atoms with van der Waals surface area (Å²) in [5.74, 6) is 0.930. The molecule has 6 nitrogen and oxygen atoms in total. The second-order valence-electron chi connectivity index (χ2n) is 8.12. The van der Waals surface area contributed by atoms with Gasteiger partial charge in [0.25, 0.3) is 0 Å². The zero-order valence-corrected chi connectivity index (χ0v) is 16.4. The van der Waals surface area contributed by atoms with Crippen LogP contribution in [0.1, 0.15) is 45.4 Å². The Balaban J connectivity index is 1.55. The number of nitrogens with zero attached hydrogens (tertiary/aromatic N) is 2. The third kappa shape index (κ3) is 3.53. The minimum atomic E-state index is 0.150. The third-order valence-electron chi connectivity index (χ3n) is 6.93. The molecule has 1 aliphatic heterocycles. The minimum absolute atomic E-state index is 0.150. The van der Waals surface area contributed by atoms with Gasteiger partial charge < -0.3 is 25.0 Å². The normalized spacial score (nSPS) is 30.7. The van der Waals surface area contributed by atoms with Crippen LogP contribution in [0.2, 0.25) is 0 Å². The first-order valence-corrected chi connectivity index (χ1v) is 9.90. The number of aliphatic imine (C=N–C) groups is 1. The van der Waals surface area contributed by atoms with Crippen LogP contribution in [0.25, 0.3) is 0 Å². The molecule has 1 saturated heterocycles. The molecule has 3 rings (SSSR count). The summed E-state index contributed by atoms with van der Waals surface area (Å²) in [6.45, 7) is 5.50. The van der Waals surface area contributed by atoms with Crippen molar-refractivity contribution in [3.8, 4) is 0 Å². The molecule has 0 bridgehead atoms. The Labute approximate surface area is 152 Å². The summed E-state index contributed by atoms with van der Waals surface area (Å²) in [7, 11) is 6.21. The second-order valence-corrected chi connectivity index (χ2v) is 8.12. The highest BCUT2D eigenvalue weighted by molar-refractivity contribution is 5.80. The van der Waals surface area contributed by atoms with Gasteiger partial charge in [0.15, 0.2) is 5.96 Å². The maximum absolute atomic E-state index is 5.96. The van der Waals surface area contributed by atoms with Crippen LogP contribution in [0.5, 0.6) is 0 Å². The van der Waals surface area contributed by atoms with Gasteiger partial charge in [0.05, 0.1) is 6.10 Å². The number of hydrogen-bond acceptors (Lipinski definition) is 4. The fourth-order valence-corrected chi connectivity index (χ4v) is 4.78. The van der Waals surface area contributed by atoms with Crippen LogP contribution in [0.15, 0.2) is 4.99 Å². The first kappa shape index (κ1) is 18.9. The van der Waals surface area contributed by atoms with E-state index in [2.05, 4.69) is 41.5 Å². The van der Waals surface area contributed by atoms with E-state index in [4.69, 9.17) is 9.47 Å². The van der Waals surface area contributed by atoms with Gasteiger partial charge in [0, 0.05) is 50.4 Å². The average molecular weight is 353 g/mol. The molecule has 0 radical (unpaired) electrons. The molecule has 2 aliphatic carbocycles. The molecule has 0 aromatic heterocycles. The van der Waals surface area contributed by atoms with Gasteiger partial charge in [-0.05, 0) is 53.1 Å². The highest BCUT2D eigenvalue weighted by Gasteiger charge is 2.59. The van der Waals surface area contributed by atoms with Gasteiger partial charge in [-0.1, -0.05) is 6.42 Å². The molecule has 3 aliphatic rings. The Hall–Kier alpha value is -0.850. The smallest absolute Gasteiger partial charge is 0.191 e. The van der Waals surface area contributed by atoms with E-state index >= 15 is 0 Å². The van der Waals surface area contributed by atoms with Crippen molar-refractivity contribution in [3.63, 3.8) is 0 Å². The molecule has 144 valence electrons. The largest absolute Gasteiger partial charge is 0.381 e. The first-order chi connectivity index (χ1) is 12.1. The summed E-state index contributed by atoms with van der Waals surface area (Å²) in [5, 5.41) is 7.28. The number of nitrogens with one attached hydrogen (secondary N) is 2. The van der Waals surface area contributed by atoms with E-state index in [1.165, 1.54) is 19.3 Å². The van der Waals surface area contributed by atoms with Gasteiger partial charge in [-0.25, -0.2) is 0 Å². The van der Waals surface area contributed by atoms with Crippen molar-refractivity contribution in [2.45, 2.75) is 63.1 Å². The van der Waals surface area contributed by atoms with Crippen LogP contribution in [0.3, 0.4) is 0 Å². The van der Waals surface area contributed by atoms with E-state index in [9.17, 15) is 0 Å². The summed E-state index contributed by atoms with van der Waals surface area (Å²) >= 11 is 0. The Morgan fingerprint density at radius 1 is 1.24 bits per heavy atom. The summed E-state index contributed by atoms with van der Waals surface area (Å²) in [6.07, 6.45) is 7.55. The standard InChI is InChI=1S/C19H36N4O2/c1-5-25-16-13-15(19(16)7-6-8-19)22-17(20-2)21-14-18(23(3)4)9-11-24-12-10-18/h15-16H,5-14H2,1-4H3,(H2,20,21,22). The van der Waals surface area contributed by atoms with Crippen molar-refractivity contribution < 1.29 is 9.47 Å². The third-order valence-corrected chi connectivity index (χ3v) is 6.93. The SMILES string of the molecule is CCOC1CC(NC(=NC)NCC2(N(C)C)CCOCC2)C12CCC2. The Bertz CT molecular complexity index is 470. The monoisotopic (exact) mass is 352 g/mol. The minimum Gasteiger partial charge on any atom is -0.381 e. The highest BCUT2D eigenvalue weighted by atomic mass is 16.5. The van der Waals surface area contributed by atoms with Gasteiger partial charge in [0.1, 0.15) is 0 Å². The number of guanidine groups is 1. The number of likely N-dealkylation sites (N-methyl/N-ethyl adjacent to an activating group) is 1. The van der Waals surface area contributed by atoms with Crippen LogP contribution in [0.4, 0.5) is 0 Å². The molecule has 2 unspecified atom stereocenters. The molecule has 0 amide bonds. The van der Waals surface area contributed by atoms with E-state index < -0.39 is 0 Å². The van der Waals surface area contributed by atoms with Crippen LogP contribution in [-0.4, -0.2) is 76.1 Å². The average Bonchev–Trinajstić information content (AvgIpc) is 2.56. The topological polar surface area (TPSA) is 58.1 Å². The van der Waals surface area contributed by atoms with Gasteiger partial charge in [0.2, 0.25) is 0 Å². The summed E-state index contributed by atoms with van der Waals surface area (Å²) in [6, 6.07) is 0.494. The predicted octanol–water partition coefficient (Wildman–Crippen LogP) is 1.61. The Morgan fingerprint density at radius 3 is 2.48 bits per heavy atom. The fraction of sp³-hybridized carbons (Fsp3) is 0.947. The lowest BCUT2D eigenvalue weighted by molar-refractivity contribution is -0.168. The maximum atomic E-state index is 5.96. The van der Waals surface area contributed by atoms with Crippen LogP contribution < -0.4 is 10.6 Å². The quantitative estimate of drug-likeness (QED) is 0.562. The molecule has 3 fully saturated rings. The number of ether oxygens (including phenoxy) is 2. The summed E-state index contributed by atoms with van der Waals surface area (Å²) in [5.41, 5.74) is 0.503. The first-order valence-electron chi connectivity index (χ1n) is 9.90. The second kappa shape index (κ2) is 7.80. The van der Waals surface area contributed by atoms with Crippen molar-refractivity contribution in [2.75, 3.05) is 47.5 Å². The molecule has 2 N–H and O–H groups in total. The Kier molecular flexibility index (Phi) is 5.91. The van der Waals surface area contributed by atoms with Crippen LogP contribution in [0, 0.1) is 5.41 Å². The molecule has 2 saturated carbocycles. The van der Waals surface area contributed by atoms with Crippen LogP contribution in [-0.2, 0) is 9.47 Å². The van der Waals surface area contributed by atoms with E-state index in [1.54, 1.807) is 0 Å². The summed E-state index contributed by atoms with van der Waals surface area (Å²) in [4.78, 5) is 6.83. The fourth-order valence-electron chi connectivity index (χ4n) is 4.78. The molecule has 1 heterocycles. The van der Waals surface area contributed by atoms with Crippen molar-refractivity contribution in [1.29, 1.82) is 0 Å². The lowest BCUT2D eigenvalue weighted by atomic mass is 9.51. The molecule has 0 aromatic rings. The lowest BCUT2D eigenvalue weighted by Crippen LogP contribution is -2.69. The van der Waals surface area contributed by atoms with E-state index in [0.717, 1.165) is 51.6 Å². The van der Waals surface area contributed by atoms with Crippen molar-refractivity contribution in [2.24, 2.45) is 10.4 Å². The number of hydrogen-bond donors (Lipinski definition) is 2. The van der Waals surface area contributed by atoms with Crippen molar-refractivity contribution >= 4 is 5.96 Å². The van der Waals surface area contributed by atoms with E-state index in [0.29, 0.717) is 17.6 Å². The van der Waals surface area contributed by atoms with Crippen molar-refractivity contribution in [3.05, 3.63) is 0 Å². The van der Waals surface area contributed by atoms with Gasteiger partial charge in [-0.2, -0.15) is 0 Å². The predicted molar refractivity (Wildman–Crippen MR) is 101 cm³/mol. The molecular formula is C19H36N4O2. The van der Waals surface area contributed by atoms with Crippen LogP contribution >= 0.6 is 0 Å². The molecule has 0 aromatic carbocycles. The highest BCUT2D eigenvalue weighted by Crippen LogP contribution is 2.57. The van der Waals surface area contributed by atoms with Gasteiger partial charge >= 0.3 is 0 Å². The Morgan fingerprint density at radius 2 is 1.96 bits per heavy atom. The van der Waals surface area contributed by atoms with Gasteiger partial charge in [-0.15, -0.1) is 0 Å². The van der Waals surface area contributed by atoms with E-state index in [-0.39, 0.29) is 5.54 Å². The zero-order valence-electron chi connectivity index (χ0n) is 16.4. The van der Waals surface area contributed by atoms with Crippen molar-refractivity contribution in [1.82, 2.24) is 15.5 Å². The maximum Gasteiger partial charge on any atom is 0.191 e. The summed E-state index contributed by atoms with van der Waals surface area (Å²) < 4.78 is 11.5. The molecule has 1 spiro atoms. The van der Waals surface area contributed by atoms with E-state index in [1.807, 2.05) is 7.05 Å². The molecule has 6 heteroatoms. The molecular weight excluding hydrogens is 316 g/mol. The molecule has 2 atom stereocenters. The number of rotatable bonds is 6. The molecule has 25 heavy (non-hydrogen) atoms. The zero-order chi connectivity index (χ0) is 17.9. The lowest BCUT2D eigenvalue weighted by Gasteiger charge is -2.61. The van der Waals surface area contributed by atoms with Gasteiger partial charge in [-0.3, -0.25) is 4.99 Å².